The van der Waals surface area contributed by atoms with Gasteiger partial charge in [0.1, 0.15) is 5.82 Å². The molecule has 0 spiro atoms. The molecule has 202 valence electrons. The van der Waals surface area contributed by atoms with Crippen LogP contribution in [0.1, 0.15) is 49.6 Å². The minimum atomic E-state index is -0.138. The number of hydrogen-bond donors (Lipinski definition) is 1. The van der Waals surface area contributed by atoms with E-state index in [0.29, 0.717) is 12.1 Å². The topological polar surface area (TPSA) is 66.3 Å². The van der Waals surface area contributed by atoms with Crippen LogP contribution in [0.2, 0.25) is 0 Å². The van der Waals surface area contributed by atoms with Crippen LogP contribution >= 0.6 is 11.9 Å². The summed E-state index contributed by atoms with van der Waals surface area (Å²) in [6, 6.07) is 12.3. The molecule has 2 heterocycles. The van der Waals surface area contributed by atoms with Crippen LogP contribution < -0.4 is 9.62 Å². The number of allylic oxidation sites excluding steroid dienone is 2. The highest BCUT2D eigenvalue weighted by molar-refractivity contribution is 7.99. The number of pyridine rings is 1. The van der Waals surface area contributed by atoms with Gasteiger partial charge in [0.25, 0.3) is 5.91 Å². The van der Waals surface area contributed by atoms with Crippen molar-refractivity contribution in [2.24, 2.45) is 0 Å². The van der Waals surface area contributed by atoms with Crippen molar-refractivity contribution >= 4 is 35.3 Å². The van der Waals surface area contributed by atoms with E-state index in [-0.39, 0.29) is 5.91 Å². The molecule has 0 radical (unpaired) electrons. The lowest BCUT2D eigenvalue weighted by atomic mass is 10.0. The molecule has 0 unspecified atom stereocenters. The zero-order valence-electron chi connectivity index (χ0n) is 23.7. The van der Waals surface area contributed by atoms with Gasteiger partial charge in [-0.25, -0.2) is 9.67 Å². The average molecular weight is 533 g/mol. The molecular formula is C30H40N6OS. The van der Waals surface area contributed by atoms with E-state index in [1.54, 1.807) is 18.1 Å². The molecule has 0 fully saturated rings. The predicted octanol–water partition coefficient (Wildman–Crippen LogP) is 5.75. The minimum Gasteiger partial charge on any atom is -0.348 e. The van der Waals surface area contributed by atoms with E-state index in [2.05, 4.69) is 96.1 Å². The summed E-state index contributed by atoms with van der Waals surface area (Å²) < 4.78 is 4.07. The third kappa shape index (κ3) is 7.58. The average Bonchev–Trinajstić information content (AvgIpc) is 3.31. The number of anilines is 1. The Morgan fingerprint density at radius 3 is 2.42 bits per heavy atom. The first-order chi connectivity index (χ1) is 18.3. The molecule has 0 aliphatic heterocycles. The van der Waals surface area contributed by atoms with Gasteiger partial charge in [-0.2, -0.15) is 5.10 Å². The number of aromatic nitrogens is 3. The molecular weight excluding hydrogens is 492 g/mol. The van der Waals surface area contributed by atoms with Crippen LogP contribution in [-0.2, 0) is 11.3 Å². The van der Waals surface area contributed by atoms with Gasteiger partial charge in [-0.05, 0) is 71.1 Å². The Balaban J connectivity index is 1.78. The zero-order valence-corrected chi connectivity index (χ0v) is 24.5. The molecule has 2 aromatic heterocycles. The molecule has 0 atom stereocenters. The summed E-state index contributed by atoms with van der Waals surface area (Å²) in [6.45, 7) is 10.4. The molecule has 0 aliphatic carbocycles. The Morgan fingerprint density at radius 2 is 1.84 bits per heavy atom. The van der Waals surface area contributed by atoms with Crippen molar-refractivity contribution in [2.45, 2.75) is 40.7 Å². The summed E-state index contributed by atoms with van der Waals surface area (Å²) in [5.74, 6) is 0.773. The maximum absolute atomic E-state index is 13.3. The van der Waals surface area contributed by atoms with Gasteiger partial charge in [0.15, 0.2) is 0 Å². The smallest absolute Gasteiger partial charge is 0.251 e. The van der Waals surface area contributed by atoms with Gasteiger partial charge in [0.05, 0.1) is 17.6 Å². The fourth-order valence-electron chi connectivity index (χ4n) is 3.88. The molecule has 1 amide bonds. The SMILES string of the molecule is C/C=C(/C(=O)NCc1ccc(N(CCN(C)C)SC)nc1)c1cnn(-c2ccc(C)cc2)c1/C=C(\C)CC. The number of rotatable bonds is 12. The Hall–Kier alpha value is -3.36. The Labute approximate surface area is 231 Å². The lowest BCUT2D eigenvalue weighted by Crippen LogP contribution is -2.27. The molecule has 0 saturated heterocycles. The summed E-state index contributed by atoms with van der Waals surface area (Å²) in [5, 5.41) is 7.74. The number of benzene rings is 1. The Morgan fingerprint density at radius 1 is 1.11 bits per heavy atom. The number of nitrogens with one attached hydrogen (secondary N) is 1. The van der Waals surface area contributed by atoms with E-state index in [0.717, 1.165) is 47.8 Å². The van der Waals surface area contributed by atoms with Gasteiger partial charge in [0.2, 0.25) is 0 Å². The number of nitrogens with zero attached hydrogens (tertiary/aromatic N) is 5. The van der Waals surface area contributed by atoms with Crippen LogP contribution in [-0.4, -0.2) is 59.0 Å². The van der Waals surface area contributed by atoms with Crippen LogP contribution in [0.3, 0.4) is 0 Å². The largest absolute Gasteiger partial charge is 0.348 e. The van der Waals surface area contributed by atoms with E-state index < -0.39 is 0 Å². The first-order valence-corrected chi connectivity index (χ1v) is 14.1. The third-order valence-corrected chi connectivity index (χ3v) is 7.15. The second-order valence-electron chi connectivity index (χ2n) is 9.53. The highest BCUT2D eigenvalue weighted by Gasteiger charge is 2.19. The van der Waals surface area contributed by atoms with Gasteiger partial charge in [-0.15, -0.1) is 0 Å². The van der Waals surface area contributed by atoms with Crippen LogP contribution in [0.15, 0.2) is 60.4 Å². The van der Waals surface area contributed by atoms with Crippen LogP contribution in [0.25, 0.3) is 17.3 Å². The van der Waals surface area contributed by atoms with Crippen molar-refractivity contribution in [3.8, 4) is 5.69 Å². The summed E-state index contributed by atoms with van der Waals surface area (Å²) >= 11 is 1.66. The lowest BCUT2D eigenvalue weighted by Gasteiger charge is -2.22. The van der Waals surface area contributed by atoms with Crippen molar-refractivity contribution in [1.82, 2.24) is 25.0 Å². The van der Waals surface area contributed by atoms with Gasteiger partial charge in [-0.3, -0.25) is 9.10 Å². The van der Waals surface area contributed by atoms with Crippen molar-refractivity contribution in [3.05, 3.63) is 82.8 Å². The quantitative estimate of drug-likeness (QED) is 0.237. The molecule has 8 heteroatoms. The van der Waals surface area contributed by atoms with Crippen LogP contribution in [0, 0.1) is 6.92 Å². The number of amides is 1. The molecule has 0 aliphatic rings. The highest BCUT2D eigenvalue weighted by Crippen LogP contribution is 2.26. The van der Waals surface area contributed by atoms with Gasteiger partial charge in [0, 0.05) is 43.2 Å². The van der Waals surface area contributed by atoms with Crippen molar-refractivity contribution in [1.29, 1.82) is 0 Å². The molecule has 1 N–H and O–H groups in total. The van der Waals surface area contributed by atoms with E-state index in [1.165, 1.54) is 11.1 Å². The summed E-state index contributed by atoms with van der Waals surface area (Å²) in [5.41, 5.74) is 6.62. The number of carbonyl (C=O) groups is 1. The Bertz CT molecular complexity index is 1260. The maximum atomic E-state index is 13.3. The molecule has 38 heavy (non-hydrogen) atoms. The number of hydrogen-bond acceptors (Lipinski definition) is 6. The van der Waals surface area contributed by atoms with E-state index in [9.17, 15) is 4.79 Å². The van der Waals surface area contributed by atoms with Gasteiger partial charge in [-0.1, -0.05) is 54.3 Å². The van der Waals surface area contributed by atoms with E-state index >= 15 is 0 Å². The maximum Gasteiger partial charge on any atom is 0.251 e. The van der Waals surface area contributed by atoms with Crippen molar-refractivity contribution < 1.29 is 4.79 Å². The summed E-state index contributed by atoms with van der Waals surface area (Å²) in [4.78, 5) is 20.1. The molecule has 7 nitrogen and oxygen atoms in total. The second-order valence-corrected chi connectivity index (χ2v) is 10.3. The van der Waals surface area contributed by atoms with E-state index in [1.807, 2.05) is 36.0 Å². The molecule has 3 rings (SSSR count). The zero-order chi connectivity index (χ0) is 27.7. The Kier molecular flexibility index (Phi) is 10.7. The second kappa shape index (κ2) is 14.0. The standard InChI is InChI=1S/C30H40N6OS/c1-8-22(3)18-28-27(21-33-36(28)25-13-10-23(4)11-14-25)26(9-2)30(37)32-20-24-12-15-29(31-19-24)35(38-7)17-16-34(5)6/h9-15,18-19,21H,8,16-17,20H2,1-7H3,(H,32,37)/b22-18+,26-9+. The normalized spacial score (nSPS) is 12.2. The summed E-state index contributed by atoms with van der Waals surface area (Å²) in [6.07, 6.45) is 10.6. The number of carbonyl (C=O) groups excluding carboxylic acids is 1. The predicted molar refractivity (Wildman–Crippen MR) is 161 cm³/mol. The first-order valence-electron chi connectivity index (χ1n) is 13.0. The molecule has 1 aromatic carbocycles. The fraction of sp³-hybridized carbons (Fsp3) is 0.367. The minimum absolute atomic E-state index is 0.138. The first kappa shape index (κ1) is 29.2. The van der Waals surface area contributed by atoms with Crippen molar-refractivity contribution in [2.75, 3.05) is 37.7 Å². The van der Waals surface area contributed by atoms with E-state index in [4.69, 9.17) is 0 Å². The highest BCUT2D eigenvalue weighted by atomic mass is 32.2. The summed E-state index contributed by atoms with van der Waals surface area (Å²) in [7, 11) is 4.13. The number of likely N-dealkylation sites (N-methyl/N-ethyl adjacent to an activating group) is 1. The third-order valence-electron chi connectivity index (χ3n) is 6.34. The molecule has 3 aromatic rings. The molecule has 0 bridgehead atoms. The lowest BCUT2D eigenvalue weighted by molar-refractivity contribution is -0.115. The number of aryl methyl sites for hydroxylation is 1. The fourth-order valence-corrected chi connectivity index (χ4v) is 4.44. The van der Waals surface area contributed by atoms with Crippen LogP contribution in [0.5, 0.6) is 0 Å². The van der Waals surface area contributed by atoms with Gasteiger partial charge >= 0.3 is 0 Å². The monoisotopic (exact) mass is 532 g/mol. The van der Waals surface area contributed by atoms with Gasteiger partial charge < -0.3 is 10.2 Å². The van der Waals surface area contributed by atoms with Crippen LogP contribution in [0.4, 0.5) is 5.82 Å². The molecule has 0 saturated carbocycles. The van der Waals surface area contributed by atoms with Crippen molar-refractivity contribution in [3.63, 3.8) is 0 Å².